The van der Waals surface area contributed by atoms with Crippen LogP contribution in [0.15, 0.2) is 0 Å². The third-order valence-corrected chi connectivity index (χ3v) is 3.61. The van der Waals surface area contributed by atoms with Gasteiger partial charge in [0.05, 0.1) is 5.92 Å². The summed E-state index contributed by atoms with van der Waals surface area (Å²) in [5.41, 5.74) is 5.60. The van der Waals surface area contributed by atoms with Crippen LogP contribution in [0.2, 0.25) is 0 Å². The molecule has 5 heteroatoms. The summed E-state index contributed by atoms with van der Waals surface area (Å²) in [4.78, 5) is 24.9. The smallest absolute Gasteiger partial charge is 0.326 e. The highest BCUT2D eigenvalue weighted by Crippen LogP contribution is 2.27. The fraction of sp³-hybridized carbons (Fsp3) is 0.833. The molecule has 0 radical (unpaired) electrons. The molecule has 1 aliphatic heterocycles. The Kier molecular flexibility index (Phi) is 4.51. The summed E-state index contributed by atoms with van der Waals surface area (Å²) in [5, 5.41) is 9.17. The topological polar surface area (TPSA) is 83.6 Å². The van der Waals surface area contributed by atoms with Crippen molar-refractivity contribution in [3.05, 3.63) is 0 Å². The number of likely N-dealkylation sites (tertiary alicyclic amines) is 1. The maximum atomic E-state index is 12.3. The second-order valence-electron chi connectivity index (χ2n) is 5.17. The molecular weight excluding hydrogens is 220 g/mol. The van der Waals surface area contributed by atoms with E-state index in [1.54, 1.807) is 0 Å². The first-order valence-corrected chi connectivity index (χ1v) is 6.13. The summed E-state index contributed by atoms with van der Waals surface area (Å²) >= 11 is 0. The van der Waals surface area contributed by atoms with E-state index in [0.29, 0.717) is 6.54 Å². The van der Waals surface area contributed by atoms with Crippen LogP contribution in [0, 0.1) is 17.8 Å². The number of hydrogen-bond acceptors (Lipinski definition) is 3. The standard InChI is InChI=1S/C12H22N2O3/c1-7(2)9(6-13)11(15)14-5-4-8(3)10(14)12(16)17/h7-10H,4-6,13H2,1-3H3,(H,16,17). The lowest BCUT2D eigenvalue weighted by Gasteiger charge is -2.29. The minimum absolute atomic E-state index is 0.0158. The van der Waals surface area contributed by atoms with Crippen LogP contribution in [-0.4, -0.2) is 41.0 Å². The molecule has 3 N–H and O–H groups in total. The number of amides is 1. The minimum Gasteiger partial charge on any atom is -0.480 e. The van der Waals surface area contributed by atoms with Crippen molar-refractivity contribution in [3.63, 3.8) is 0 Å². The SMILES string of the molecule is CC(C)C(CN)C(=O)N1CCC(C)C1C(=O)O. The van der Waals surface area contributed by atoms with Crippen LogP contribution in [0.5, 0.6) is 0 Å². The number of hydrogen-bond donors (Lipinski definition) is 2. The zero-order valence-corrected chi connectivity index (χ0v) is 10.7. The lowest BCUT2D eigenvalue weighted by molar-refractivity contribution is -0.151. The van der Waals surface area contributed by atoms with Crippen LogP contribution in [0.25, 0.3) is 0 Å². The predicted octanol–water partition coefficient (Wildman–Crippen LogP) is 0.539. The highest BCUT2D eigenvalue weighted by molar-refractivity contribution is 5.86. The number of carboxylic acid groups (broad SMARTS) is 1. The van der Waals surface area contributed by atoms with Gasteiger partial charge in [0.15, 0.2) is 0 Å². The maximum absolute atomic E-state index is 12.3. The van der Waals surface area contributed by atoms with Crippen molar-refractivity contribution in [2.45, 2.75) is 33.2 Å². The van der Waals surface area contributed by atoms with Gasteiger partial charge in [-0.3, -0.25) is 4.79 Å². The van der Waals surface area contributed by atoms with Crippen molar-refractivity contribution in [2.75, 3.05) is 13.1 Å². The van der Waals surface area contributed by atoms with E-state index in [4.69, 9.17) is 5.73 Å². The molecule has 1 aliphatic rings. The van der Waals surface area contributed by atoms with Gasteiger partial charge in [-0.15, -0.1) is 0 Å². The Balaban J connectivity index is 2.84. The number of rotatable bonds is 4. The lowest BCUT2D eigenvalue weighted by atomic mass is 9.94. The van der Waals surface area contributed by atoms with Gasteiger partial charge in [0, 0.05) is 13.1 Å². The first kappa shape index (κ1) is 14.0. The van der Waals surface area contributed by atoms with Crippen molar-refractivity contribution in [1.82, 2.24) is 4.90 Å². The highest BCUT2D eigenvalue weighted by Gasteiger charge is 2.41. The molecule has 0 bridgehead atoms. The van der Waals surface area contributed by atoms with Crippen molar-refractivity contribution in [3.8, 4) is 0 Å². The number of carbonyl (C=O) groups excluding carboxylic acids is 1. The maximum Gasteiger partial charge on any atom is 0.326 e. The molecule has 0 aromatic carbocycles. The van der Waals surface area contributed by atoms with E-state index >= 15 is 0 Å². The number of aliphatic carboxylic acids is 1. The third kappa shape index (κ3) is 2.77. The number of nitrogens with zero attached hydrogens (tertiary/aromatic N) is 1. The molecule has 1 fully saturated rings. The van der Waals surface area contributed by atoms with Gasteiger partial charge in [-0.05, 0) is 18.3 Å². The van der Waals surface area contributed by atoms with E-state index in [9.17, 15) is 14.7 Å². The summed E-state index contributed by atoms with van der Waals surface area (Å²) in [6.45, 7) is 6.54. The summed E-state index contributed by atoms with van der Waals surface area (Å²) in [6.07, 6.45) is 0.748. The zero-order valence-electron chi connectivity index (χ0n) is 10.7. The fourth-order valence-electron chi connectivity index (χ4n) is 2.44. The molecule has 0 aromatic rings. The van der Waals surface area contributed by atoms with Crippen molar-refractivity contribution < 1.29 is 14.7 Å². The molecule has 0 aromatic heterocycles. The minimum atomic E-state index is -0.914. The van der Waals surface area contributed by atoms with Crippen LogP contribution in [-0.2, 0) is 9.59 Å². The van der Waals surface area contributed by atoms with Gasteiger partial charge in [-0.25, -0.2) is 4.79 Å². The third-order valence-electron chi connectivity index (χ3n) is 3.61. The molecular formula is C12H22N2O3. The van der Waals surface area contributed by atoms with Gasteiger partial charge in [0.25, 0.3) is 0 Å². The van der Waals surface area contributed by atoms with Crippen LogP contribution < -0.4 is 5.73 Å². The van der Waals surface area contributed by atoms with Gasteiger partial charge in [0.1, 0.15) is 6.04 Å². The Labute approximate surface area is 102 Å². The van der Waals surface area contributed by atoms with Crippen molar-refractivity contribution in [1.29, 1.82) is 0 Å². The lowest BCUT2D eigenvalue weighted by Crippen LogP contribution is -2.48. The van der Waals surface area contributed by atoms with Crippen LogP contribution >= 0.6 is 0 Å². The van der Waals surface area contributed by atoms with E-state index in [0.717, 1.165) is 6.42 Å². The molecule has 0 aliphatic carbocycles. The quantitative estimate of drug-likeness (QED) is 0.753. The highest BCUT2D eigenvalue weighted by atomic mass is 16.4. The second kappa shape index (κ2) is 5.49. The van der Waals surface area contributed by atoms with Crippen LogP contribution in [0.4, 0.5) is 0 Å². The number of carboxylic acids is 1. The Morgan fingerprint density at radius 3 is 2.47 bits per heavy atom. The van der Waals surface area contributed by atoms with Crippen LogP contribution in [0.3, 0.4) is 0 Å². The average Bonchev–Trinajstić information content (AvgIpc) is 2.60. The summed E-state index contributed by atoms with van der Waals surface area (Å²) in [5.74, 6) is -1.15. The van der Waals surface area contributed by atoms with Crippen molar-refractivity contribution in [2.24, 2.45) is 23.5 Å². The normalized spacial score (nSPS) is 26.3. The number of carbonyl (C=O) groups is 2. The van der Waals surface area contributed by atoms with Crippen molar-refractivity contribution >= 4 is 11.9 Å². The molecule has 5 nitrogen and oxygen atoms in total. The van der Waals surface area contributed by atoms with Crippen LogP contribution in [0.1, 0.15) is 27.2 Å². The van der Waals surface area contributed by atoms with E-state index in [1.807, 2.05) is 20.8 Å². The first-order chi connectivity index (χ1) is 7.90. The zero-order chi connectivity index (χ0) is 13.2. The van der Waals surface area contributed by atoms with Gasteiger partial charge in [-0.2, -0.15) is 0 Å². The predicted molar refractivity (Wildman–Crippen MR) is 64.3 cm³/mol. The van der Waals surface area contributed by atoms with Gasteiger partial charge < -0.3 is 15.7 Å². The summed E-state index contributed by atoms with van der Waals surface area (Å²) < 4.78 is 0. The Morgan fingerprint density at radius 2 is 2.06 bits per heavy atom. The number of nitrogens with two attached hydrogens (primary N) is 1. The molecule has 0 saturated carbocycles. The Hall–Kier alpha value is -1.10. The van der Waals surface area contributed by atoms with E-state index in [2.05, 4.69) is 0 Å². The van der Waals surface area contributed by atoms with Gasteiger partial charge >= 0.3 is 5.97 Å². The molecule has 1 amide bonds. The first-order valence-electron chi connectivity index (χ1n) is 6.13. The monoisotopic (exact) mass is 242 g/mol. The largest absolute Gasteiger partial charge is 0.480 e. The average molecular weight is 242 g/mol. The Morgan fingerprint density at radius 1 is 1.47 bits per heavy atom. The molecule has 3 atom stereocenters. The Bertz CT molecular complexity index is 304. The summed E-state index contributed by atoms with van der Waals surface area (Å²) in [6, 6.07) is -0.685. The molecule has 17 heavy (non-hydrogen) atoms. The van der Waals surface area contributed by atoms with E-state index in [-0.39, 0.29) is 30.2 Å². The molecule has 98 valence electrons. The molecule has 1 heterocycles. The molecule has 1 saturated heterocycles. The fourth-order valence-corrected chi connectivity index (χ4v) is 2.44. The van der Waals surface area contributed by atoms with Gasteiger partial charge in [0.2, 0.25) is 5.91 Å². The second-order valence-corrected chi connectivity index (χ2v) is 5.17. The van der Waals surface area contributed by atoms with E-state index < -0.39 is 12.0 Å². The molecule has 3 unspecified atom stereocenters. The van der Waals surface area contributed by atoms with E-state index in [1.165, 1.54) is 4.90 Å². The summed E-state index contributed by atoms with van der Waals surface area (Å²) in [7, 11) is 0. The molecule has 1 rings (SSSR count). The van der Waals surface area contributed by atoms with Gasteiger partial charge in [-0.1, -0.05) is 20.8 Å². The molecule has 0 spiro atoms.